The van der Waals surface area contributed by atoms with Crippen LogP contribution in [0.3, 0.4) is 0 Å². The predicted molar refractivity (Wildman–Crippen MR) is 136 cm³/mol. The molecule has 158 valence electrons. The number of aryl methyl sites for hydroxylation is 1. The second-order valence-electron chi connectivity index (χ2n) is 10.3. The third-order valence-corrected chi connectivity index (χ3v) is 9.77. The minimum Gasteiger partial charge on any atom is -0.172 e. The molecule has 0 saturated carbocycles. The van der Waals surface area contributed by atoms with Crippen LogP contribution in [0.15, 0.2) is 18.2 Å². The van der Waals surface area contributed by atoms with Crippen molar-refractivity contribution in [2.24, 2.45) is 0 Å². The molecule has 3 aromatic heterocycles. The van der Waals surface area contributed by atoms with Gasteiger partial charge in [0.15, 0.2) is 0 Å². The van der Waals surface area contributed by atoms with Gasteiger partial charge < -0.3 is 0 Å². The zero-order valence-corrected chi connectivity index (χ0v) is 21.8. The van der Waals surface area contributed by atoms with E-state index in [1.54, 1.807) is 0 Å². The average Bonchev–Trinajstić information content (AvgIpc) is 3.33. The van der Waals surface area contributed by atoms with E-state index in [1.807, 2.05) is 22.7 Å². The van der Waals surface area contributed by atoms with Crippen LogP contribution in [-0.2, 0) is 10.8 Å². The quantitative estimate of drug-likeness (QED) is 0.303. The maximum absolute atomic E-state index is 4.75. The number of hydrogen-bond acceptors (Lipinski definition) is 5. The van der Waals surface area contributed by atoms with Crippen LogP contribution in [0, 0.1) is 20.8 Å². The SMILES string of the molecule is Cc1cc(C(C)(C)C)sc1-c1ccc(-c2sc(C(C)(C)C)c(C)c2C)c2nsnc12. The lowest BCUT2D eigenvalue weighted by Crippen LogP contribution is -2.10. The maximum Gasteiger partial charge on any atom is 0.114 e. The summed E-state index contributed by atoms with van der Waals surface area (Å²) in [6.07, 6.45) is 0. The average molecular weight is 455 g/mol. The Morgan fingerprint density at radius 3 is 1.73 bits per heavy atom. The van der Waals surface area contributed by atoms with Crippen molar-refractivity contribution in [1.82, 2.24) is 8.75 Å². The topological polar surface area (TPSA) is 25.8 Å². The normalized spacial score (nSPS) is 12.8. The Morgan fingerprint density at radius 1 is 0.700 bits per heavy atom. The van der Waals surface area contributed by atoms with Crippen LogP contribution in [0.5, 0.6) is 0 Å². The van der Waals surface area contributed by atoms with Crippen LogP contribution in [-0.4, -0.2) is 8.75 Å². The molecule has 0 atom stereocenters. The first kappa shape index (κ1) is 21.7. The molecule has 0 fully saturated rings. The Labute approximate surface area is 192 Å². The molecule has 0 aliphatic heterocycles. The first-order valence-electron chi connectivity index (χ1n) is 10.4. The number of fused-ring (bicyclic) bond motifs is 1. The summed E-state index contributed by atoms with van der Waals surface area (Å²) in [5.41, 5.74) is 8.90. The highest BCUT2D eigenvalue weighted by Crippen LogP contribution is 2.46. The van der Waals surface area contributed by atoms with Gasteiger partial charge >= 0.3 is 0 Å². The Morgan fingerprint density at radius 2 is 1.27 bits per heavy atom. The Bertz CT molecular complexity index is 1240. The summed E-state index contributed by atoms with van der Waals surface area (Å²) in [5, 5.41) is 0. The fourth-order valence-electron chi connectivity index (χ4n) is 3.92. The van der Waals surface area contributed by atoms with Gasteiger partial charge in [-0.25, -0.2) is 0 Å². The minimum absolute atomic E-state index is 0.147. The van der Waals surface area contributed by atoms with Gasteiger partial charge in [0.05, 0.1) is 11.7 Å². The maximum atomic E-state index is 4.75. The summed E-state index contributed by atoms with van der Waals surface area (Å²) in [7, 11) is 0. The van der Waals surface area contributed by atoms with Crippen molar-refractivity contribution in [2.75, 3.05) is 0 Å². The van der Waals surface area contributed by atoms with Gasteiger partial charge in [-0.15, -0.1) is 22.7 Å². The molecule has 3 heterocycles. The van der Waals surface area contributed by atoms with Crippen LogP contribution < -0.4 is 0 Å². The summed E-state index contributed by atoms with van der Waals surface area (Å²) in [5.74, 6) is 0. The van der Waals surface area contributed by atoms with Gasteiger partial charge in [0.25, 0.3) is 0 Å². The smallest absolute Gasteiger partial charge is 0.114 e. The standard InChI is InChI=1S/C25H30N2S3/c1-13-12-18(24(4,5)6)28-21(13)16-10-11-17(20-19(16)26-30-27-20)22-14(2)15(3)23(29-22)25(7,8)9/h10-12H,1-9H3. The van der Waals surface area contributed by atoms with Gasteiger partial charge in [-0.1, -0.05) is 53.7 Å². The summed E-state index contributed by atoms with van der Waals surface area (Å²) < 4.78 is 9.49. The lowest BCUT2D eigenvalue weighted by molar-refractivity contribution is 0.600. The number of rotatable bonds is 2. The van der Waals surface area contributed by atoms with Crippen molar-refractivity contribution in [3.8, 4) is 20.9 Å². The largest absolute Gasteiger partial charge is 0.172 e. The van der Waals surface area contributed by atoms with Gasteiger partial charge in [0.2, 0.25) is 0 Å². The van der Waals surface area contributed by atoms with E-state index in [1.165, 1.54) is 59.1 Å². The summed E-state index contributed by atoms with van der Waals surface area (Å²) in [6.45, 7) is 20.4. The molecule has 0 spiro atoms. The van der Waals surface area contributed by atoms with Crippen LogP contribution in [0.4, 0.5) is 0 Å². The lowest BCUT2D eigenvalue weighted by atomic mass is 9.90. The van der Waals surface area contributed by atoms with E-state index < -0.39 is 0 Å². The highest BCUT2D eigenvalue weighted by atomic mass is 32.1. The van der Waals surface area contributed by atoms with E-state index in [9.17, 15) is 0 Å². The van der Waals surface area contributed by atoms with Crippen LogP contribution in [0.1, 0.15) is 68.0 Å². The molecule has 2 nitrogen and oxygen atoms in total. The van der Waals surface area contributed by atoms with Gasteiger partial charge in [0.1, 0.15) is 11.0 Å². The molecule has 4 rings (SSSR count). The van der Waals surface area contributed by atoms with Gasteiger partial charge in [0, 0.05) is 30.6 Å². The third kappa shape index (κ3) is 3.55. The van der Waals surface area contributed by atoms with Gasteiger partial charge in [-0.05, 0) is 54.4 Å². The second-order valence-corrected chi connectivity index (χ2v) is 12.9. The lowest BCUT2D eigenvalue weighted by Gasteiger charge is -2.17. The zero-order chi connectivity index (χ0) is 22.0. The molecule has 0 radical (unpaired) electrons. The molecule has 30 heavy (non-hydrogen) atoms. The van der Waals surface area contributed by atoms with Crippen molar-refractivity contribution >= 4 is 45.4 Å². The molecule has 0 N–H and O–H groups in total. The third-order valence-electron chi connectivity index (χ3n) is 5.69. The van der Waals surface area contributed by atoms with Crippen LogP contribution >= 0.6 is 34.4 Å². The Hall–Kier alpha value is -1.56. The number of aromatic nitrogens is 2. The minimum atomic E-state index is 0.147. The molecule has 1 aromatic carbocycles. The van der Waals surface area contributed by atoms with E-state index in [-0.39, 0.29) is 10.8 Å². The van der Waals surface area contributed by atoms with Gasteiger partial charge in [-0.2, -0.15) is 8.75 Å². The van der Waals surface area contributed by atoms with Crippen LogP contribution in [0.25, 0.3) is 31.9 Å². The van der Waals surface area contributed by atoms with E-state index >= 15 is 0 Å². The fraction of sp³-hybridized carbons (Fsp3) is 0.440. The molecular formula is C25H30N2S3. The molecular weight excluding hydrogens is 424 g/mol. The number of benzene rings is 1. The first-order valence-corrected chi connectivity index (χ1v) is 12.7. The number of nitrogens with zero attached hydrogens (tertiary/aromatic N) is 2. The molecule has 0 bridgehead atoms. The summed E-state index contributed by atoms with van der Waals surface area (Å²) >= 11 is 5.13. The van der Waals surface area contributed by atoms with E-state index in [0.29, 0.717) is 0 Å². The molecule has 0 aliphatic carbocycles. The van der Waals surface area contributed by atoms with Crippen molar-refractivity contribution in [3.63, 3.8) is 0 Å². The van der Waals surface area contributed by atoms with Crippen molar-refractivity contribution in [1.29, 1.82) is 0 Å². The van der Waals surface area contributed by atoms with E-state index in [4.69, 9.17) is 8.75 Å². The number of hydrogen-bond donors (Lipinski definition) is 0. The van der Waals surface area contributed by atoms with Gasteiger partial charge in [-0.3, -0.25) is 0 Å². The van der Waals surface area contributed by atoms with Crippen molar-refractivity contribution in [3.05, 3.63) is 44.6 Å². The molecule has 0 aliphatic rings. The molecule has 0 amide bonds. The molecule has 4 aromatic rings. The van der Waals surface area contributed by atoms with Crippen molar-refractivity contribution < 1.29 is 0 Å². The Kier molecular flexibility index (Phi) is 5.23. The fourth-order valence-corrected chi connectivity index (χ4v) is 7.15. The second kappa shape index (κ2) is 7.25. The first-order chi connectivity index (χ1) is 13.9. The summed E-state index contributed by atoms with van der Waals surface area (Å²) in [4.78, 5) is 5.52. The molecule has 5 heteroatoms. The van der Waals surface area contributed by atoms with E-state index in [2.05, 4.69) is 80.5 Å². The Balaban J connectivity index is 1.91. The van der Waals surface area contributed by atoms with Crippen LogP contribution in [0.2, 0.25) is 0 Å². The number of thiophene rings is 2. The predicted octanol–water partition coefficient (Wildman–Crippen LogP) is 8.67. The highest BCUT2D eigenvalue weighted by Gasteiger charge is 2.25. The highest BCUT2D eigenvalue weighted by molar-refractivity contribution is 7.16. The molecule has 0 saturated heterocycles. The zero-order valence-electron chi connectivity index (χ0n) is 19.4. The summed E-state index contributed by atoms with van der Waals surface area (Å²) in [6, 6.07) is 6.86. The monoisotopic (exact) mass is 454 g/mol. The van der Waals surface area contributed by atoms with Crippen molar-refractivity contribution in [2.45, 2.75) is 73.1 Å². The van der Waals surface area contributed by atoms with E-state index in [0.717, 1.165) is 11.0 Å². The molecule has 0 unspecified atom stereocenters.